The van der Waals surface area contributed by atoms with Crippen LogP contribution in [-0.2, 0) is 0 Å². The average molecular weight is 261 g/mol. The van der Waals surface area contributed by atoms with E-state index in [0.29, 0.717) is 22.1 Å². The van der Waals surface area contributed by atoms with E-state index < -0.39 is 0 Å². The first kappa shape index (κ1) is 12.3. The minimum atomic E-state index is -0.213. The Morgan fingerprint density at radius 2 is 2.11 bits per heavy atom. The number of nitrogens with one attached hydrogen (secondary N) is 1. The number of thiazole rings is 1. The fourth-order valence-corrected chi connectivity index (χ4v) is 2.06. The Kier molecular flexibility index (Phi) is 3.69. The van der Waals surface area contributed by atoms with E-state index in [1.807, 2.05) is 6.07 Å². The second-order valence-electron chi connectivity index (χ2n) is 3.54. The second-order valence-corrected chi connectivity index (χ2v) is 4.40. The van der Waals surface area contributed by atoms with Gasteiger partial charge in [-0.3, -0.25) is 10.1 Å². The van der Waals surface area contributed by atoms with Gasteiger partial charge >= 0.3 is 0 Å². The van der Waals surface area contributed by atoms with Crippen molar-refractivity contribution in [2.75, 3.05) is 5.32 Å². The normalized spacial score (nSPS) is 11.3. The maximum atomic E-state index is 11.8. The van der Waals surface area contributed by atoms with Crippen LogP contribution >= 0.6 is 11.3 Å². The molecule has 92 valence electrons. The molecular weight excluding hydrogens is 250 g/mol. The molecule has 0 saturated heterocycles. The van der Waals surface area contributed by atoms with E-state index in [2.05, 4.69) is 15.5 Å². The van der Waals surface area contributed by atoms with Crippen molar-refractivity contribution < 1.29 is 10.0 Å². The molecule has 0 atom stereocenters. The number of oxime groups is 1. The van der Waals surface area contributed by atoms with Crippen molar-refractivity contribution in [2.24, 2.45) is 5.16 Å². The molecule has 0 radical (unpaired) electrons. The number of carbonyl (C=O) groups is 1. The van der Waals surface area contributed by atoms with E-state index in [-0.39, 0.29) is 5.91 Å². The van der Waals surface area contributed by atoms with E-state index in [4.69, 9.17) is 5.21 Å². The molecule has 2 rings (SSSR count). The third-order valence-electron chi connectivity index (χ3n) is 2.28. The van der Waals surface area contributed by atoms with Gasteiger partial charge in [0, 0.05) is 10.9 Å². The maximum absolute atomic E-state index is 11.8. The number of hydrogen-bond acceptors (Lipinski definition) is 5. The van der Waals surface area contributed by atoms with E-state index in [9.17, 15) is 4.79 Å². The first-order chi connectivity index (χ1) is 8.70. The highest BCUT2D eigenvalue weighted by molar-refractivity contribution is 7.14. The quantitative estimate of drug-likeness (QED) is 0.506. The standard InChI is InChI=1S/C12H11N3O2S/c1-8(15-17)10-7-18-12(13-10)14-11(16)9-5-3-2-4-6-9/h2-7,17H,1H3,(H,13,14,16). The van der Waals surface area contributed by atoms with Crippen LogP contribution in [0.2, 0.25) is 0 Å². The molecule has 0 aliphatic rings. The molecule has 1 heterocycles. The predicted octanol–water partition coefficient (Wildman–Crippen LogP) is 2.59. The lowest BCUT2D eigenvalue weighted by Crippen LogP contribution is -2.11. The summed E-state index contributed by atoms with van der Waals surface area (Å²) in [5.74, 6) is -0.213. The molecule has 0 aliphatic carbocycles. The molecule has 0 fully saturated rings. The van der Waals surface area contributed by atoms with Gasteiger partial charge in [0.1, 0.15) is 11.4 Å². The van der Waals surface area contributed by atoms with Crippen LogP contribution in [0.4, 0.5) is 5.13 Å². The maximum Gasteiger partial charge on any atom is 0.257 e. The lowest BCUT2D eigenvalue weighted by Gasteiger charge is -2.00. The van der Waals surface area contributed by atoms with Gasteiger partial charge in [0.2, 0.25) is 0 Å². The fraction of sp³-hybridized carbons (Fsp3) is 0.0833. The lowest BCUT2D eigenvalue weighted by atomic mass is 10.2. The summed E-state index contributed by atoms with van der Waals surface area (Å²) >= 11 is 1.28. The van der Waals surface area contributed by atoms with Crippen LogP contribution in [0.3, 0.4) is 0 Å². The zero-order valence-electron chi connectivity index (χ0n) is 9.62. The van der Waals surface area contributed by atoms with E-state index >= 15 is 0 Å². The predicted molar refractivity (Wildman–Crippen MR) is 70.5 cm³/mol. The summed E-state index contributed by atoms with van der Waals surface area (Å²) in [6, 6.07) is 8.89. The summed E-state index contributed by atoms with van der Waals surface area (Å²) in [6.45, 7) is 1.64. The Morgan fingerprint density at radius 1 is 1.39 bits per heavy atom. The second kappa shape index (κ2) is 5.42. The Bertz CT molecular complexity index is 578. The van der Waals surface area contributed by atoms with E-state index in [1.165, 1.54) is 11.3 Å². The van der Waals surface area contributed by atoms with Crippen molar-refractivity contribution in [2.45, 2.75) is 6.92 Å². The highest BCUT2D eigenvalue weighted by Crippen LogP contribution is 2.17. The summed E-state index contributed by atoms with van der Waals surface area (Å²) in [5, 5.41) is 16.6. The van der Waals surface area contributed by atoms with Gasteiger partial charge in [-0.15, -0.1) is 11.3 Å². The van der Waals surface area contributed by atoms with Gasteiger partial charge < -0.3 is 5.21 Å². The van der Waals surface area contributed by atoms with Crippen LogP contribution in [0.25, 0.3) is 0 Å². The zero-order valence-corrected chi connectivity index (χ0v) is 10.4. The third kappa shape index (κ3) is 2.72. The van der Waals surface area contributed by atoms with Gasteiger partial charge in [-0.25, -0.2) is 4.98 Å². The topological polar surface area (TPSA) is 74.6 Å². The average Bonchev–Trinajstić information content (AvgIpc) is 2.87. The van der Waals surface area contributed by atoms with Gasteiger partial charge in [0.05, 0.1) is 0 Å². The van der Waals surface area contributed by atoms with Crippen LogP contribution in [-0.4, -0.2) is 21.8 Å². The minimum absolute atomic E-state index is 0.213. The molecule has 0 spiro atoms. The number of nitrogens with zero attached hydrogens (tertiary/aromatic N) is 2. The molecule has 2 N–H and O–H groups in total. The molecule has 2 aromatic rings. The number of carbonyl (C=O) groups excluding carboxylic acids is 1. The van der Waals surface area contributed by atoms with Crippen molar-refractivity contribution in [3.8, 4) is 0 Å². The molecule has 0 saturated carbocycles. The molecule has 1 aromatic carbocycles. The number of aromatic nitrogens is 1. The van der Waals surface area contributed by atoms with Crippen LogP contribution < -0.4 is 5.32 Å². The molecular formula is C12H11N3O2S. The number of benzene rings is 1. The largest absolute Gasteiger partial charge is 0.411 e. The van der Waals surface area contributed by atoms with Gasteiger partial charge in [-0.05, 0) is 19.1 Å². The van der Waals surface area contributed by atoms with Gasteiger partial charge in [-0.1, -0.05) is 23.4 Å². The monoisotopic (exact) mass is 261 g/mol. The van der Waals surface area contributed by atoms with Crippen molar-refractivity contribution in [3.05, 3.63) is 47.0 Å². The Labute approximate surface area is 108 Å². The molecule has 1 aromatic heterocycles. The zero-order chi connectivity index (χ0) is 13.0. The molecule has 0 unspecified atom stereocenters. The molecule has 6 heteroatoms. The number of anilines is 1. The molecule has 0 bridgehead atoms. The molecule has 1 amide bonds. The Balaban J connectivity index is 2.11. The van der Waals surface area contributed by atoms with Crippen molar-refractivity contribution in [1.29, 1.82) is 0 Å². The third-order valence-corrected chi connectivity index (χ3v) is 3.04. The van der Waals surface area contributed by atoms with E-state index in [1.54, 1.807) is 36.6 Å². The van der Waals surface area contributed by atoms with Gasteiger partial charge in [0.25, 0.3) is 5.91 Å². The van der Waals surface area contributed by atoms with Gasteiger partial charge in [0.15, 0.2) is 5.13 Å². The van der Waals surface area contributed by atoms with Crippen LogP contribution in [0.5, 0.6) is 0 Å². The van der Waals surface area contributed by atoms with Crippen LogP contribution in [0.1, 0.15) is 23.0 Å². The van der Waals surface area contributed by atoms with Crippen molar-refractivity contribution >= 4 is 28.1 Å². The number of hydrogen-bond donors (Lipinski definition) is 2. The minimum Gasteiger partial charge on any atom is -0.411 e. The van der Waals surface area contributed by atoms with E-state index in [0.717, 1.165) is 0 Å². The first-order valence-corrected chi connectivity index (χ1v) is 6.09. The Hall–Kier alpha value is -2.21. The lowest BCUT2D eigenvalue weighted by molar-refractivity contribution is 0.102. The SMILES string of the molecule is CC(=NO)c1csc(NC(=O)c2ccccc2)n1. The van der Waals surface area contributed by atoms with Crippen molar-refractivity contribution in [3.63, 3.8) is 0 Å². The molecule has 18 heavy (non-hydrogen) atoms. The van der Waals surface area contributed by atoms with Crippen LogP contribution in [0, 0.1) is 0 Å². The smallest absolute Gasteiger partial charge is 0.257 e. The highest BCUT2D eigenvalue weighted by Gasteiger charge is 2.09. The summed E-state index contributed by atoms with van der Waals surface area (Å²) in [5.41, 5.74) is 1.53. The Morgan fingerprint density at radius 3 is 2.78 bits per heavy atom. The summed E-state index contributed by atoms with van der Waals surface area (Å²) in [7, 11) is 0. The summed E-state index contributed by atoms with van der Waals surface area (Å²) < 4.78 is 0. The fourth-order valence-electron chi connectivity index (χ4n) is 1.31. The van der Waals surface area contributed by atoms with Gasteiger partial charge in [-0.2, -0.15) is 0 Å². The highest BCUT2D eigenvalue weighted by atomic mass is 32.1. The summed E-state index contributed by atoms with van der Waals surface area (Å²) in [6.07, 6.45) is 0. The first-order valence-electron chi connectivity index (χ1n) is 5.21. The number of rotatable bonds is 3. The van der Waals surface area contributed by atoms with Crippen molar-refractivity contribution in [1.82, 2.24) is 4.98 Å². The summed E-state index contributed by atoms with van der Waals surface area (Å²) in [4.78, 5) is 16.0. The van der Waals surface area contributed by atoms with Crippen LogP contribution in [0.15, 0.2) is 40.9 Å². The molecule has 0 aliphatic heterocycles. The molecule has 5 nitrogen and oxygen atoms in total. The number of amides is 1.